The Labute approximate surface area is 116 Å². The van der Waals surface area contributed by atoms with Crippen molar-refractivity contribution >= 4 is 11.5 Å². The second-order valence-corrected chi connectivity index (χ2v) is 4.79. The van der Waals surface area contributed by atoms with Gasteiger partial charge in [-0.1, -0.05) is 69.5 Å². The Kier molecular flexibility index (Phi) is 7.64. The minimum Gasteiger partial charge on any atom is -0.461 e. The smallest absolute Gasteiger partial charge is 0.306 e. The molecule has 1 rings (SSSR count). The normalized spacial score (nSPS) is 10.2. The second-order valence-electron chi connectivity index (χ2n) is 4.79. The van der Waals surface area contributed by atoms with Gasteiger partial charge in [0, 0.05) is 6.42 Å². The molecule has 2 heteroatoms. The first-order valence-electron chi connectivity index (χ1n) is 7.13. The summed E-state index contributed by atoms with van der Waals surface area (Å²) >= 11 is 0. The van der Waals surface area contributed by atoms with Crippen LogP contribution in [0.15, 0.2) is 36.9 Å². The van der Waals surface area contributed by atoms with Crippen molar-refractivity contribution in [2.45, 2.75) is 45.4 Å². The van der Waals surface area contributed by atoms with Gasteiger partial charge in [-0.25, -0.2) is 0 Å². The first-order chi connectivity index (χ1) is 9.24. The van der Waals surface area contributed by atoms with E-state index in [1.54, 1.807) is 0 Å². The molecule has 0 amide bonds. The zero-order valence-corrected chi connectivity index (χ0v) is 11.9. The number of hydrogen-bond acceptors (Lipinski definition) is 2. The Bertz CT molecular complexity index is 382. The van der Waals surface area contributed by atoms with Crippen molar-refractivity contribution in [1.82, 2.24) is 0 Å². The van der Waals surface area contributed by atoms with Crippen LogP contribution in [0.5, 0.6) is 0 Å². The van der Waals surface area contributed by atoms with E-state index in [2.05, 4.69) is 13.5 Å². The van der Waals surface area contributed by atoms with E-state index in [9.17, 15) is 4.79 Å². The predicted octanol–water partition coefficient (Wildman–Crippen LogP) is 4.60. The summed E-state index contributed by atoms with van der Waals surface area (Å²) < 4.78 is 5.23. The van der Waals surface area contributed by atoms with Gasteiger partial charge in [-0.3, -0.25) is 4.79 Å². The van der Waals surface area contributed by atoms with Crippen molar-refractivity contribution in [3.8, 4) is 0 Å². The molecule has 1 aromatic rings. The Balaban J connectivity index is 2.15. The molecule has 0 aliphatic heterocycles. The number of benzene rings is 1. The number of ether oxygens (including phenoxy) is 1. The fourth-order valence-corrected chi connectivity index (χ4v) is 1.87. The third-order valence-corrected chi connectivity index (χ3v) is 3.07. The van der Waals surface area contributed by atoms with E-state index < -0.39 is 0 Å². The van der Waals surface area contributed by atoms with Gasteiger partial charge in [0.25, 0.3) is 0 Å². The standard InChI is InChI=1S/C17H24O2/c1-3-4-5-6-10-13-17(18)19-14-15(2)16-11-8-7-9-12-16/h7-9,11-12H,2-6,10,13-14H2,1H3. The minimum atomic E-state index is -0.117. The molecule has 104 valence electrons. The fraction of sp³-hybridized carbons (Fsp3) is 0.471. The molecule has 0 saturated carbocycles. The summed E-state index contributed by atoms with van der Waals surface area (Å²) in [5.41, 5.74) is 1.87. The van der Waals surface area contributed by atoms with Crippen LogP contribution >= 0.6 is 0 Å². The summed E-state index contributed by atoms with van der Waals surface area (Å²) in [4.78, 5) is 11.5. The van der Waals surface area contributed by atoms with Gasteiger partial charge in [0.1, 0.15) is 6.61 Å². The SMILES string of the molecule is C=C(COC(=O)CCCCCCC)c1ccccc1. The molecule has 0 atom stereocenters. The number of esters is 1. The molecule has 0 heterocycles. The zero-order chi connectivity index (χ0) is 13.9. The van der Waals surface area contributed by atoms with Gasteiger partial charge in [-0.2, -0.15) is 0 Å². The van der Waals surface area contributed by atoms with E-state index >= 15 is 0 Å². The topological polar surface area (TPSA) is 26.3 Å². The molecule has 0 N–H and O–H groups in total. The Morgan fingerprint density at radius 1 is 1.11 bits per heavy atom. The fourth-order valence-electron chi connectivity index (χ4n) is 1.87. The molecule has 19 heavy (non-hydrogen) atoms. The van der Waals surface area contributed by atoms with E-state index in [1.807, 2.05) is 30.3 Å². The molecule has 0 bridgehead atoms. The monoisotopic (exact) mass is 260 g/mol. The number of unbranched alkanes of at least 4 members (excludes halogenated alkanes) is 4. The van der Waals surface area contributed by atoms with Crippen molar-refractivity contribution in [3.63, 3.8) is 0 Å². The van der Waals surface area contributed by atoms with E-state index in [4.69, 9.17) is 4.74 Å². The molecule has 0 aromatic heterocycles. The number of carbonyl (C=O) groups is 1. The van der Waals surface area contributed by atoms with Crippen LogP contribution in [0.25, 0.3) is 5.57 Å². The van der Waals surface area contributed by atoms with Gasteiger partial charge in [-0.15, -0.1) is 0 Å². The first-order valence-corrected chi connectivity index (χ1v) is 7.13. The van der Waals surface area contributed by atoms with Crippen LogP contribution in [0, 0.1) is 0 Å². The van der Waals surface area contributed by atoms with Gasteiger partial charge in [0.15, 0.2) is 0 Å². The Morgan fingerprint density at radius 2 is 1.79 bits per heavy atom. The van der Waals surface area contributed by atoms with Crippen molar-refractivity contribution in [3.05, 3.63) is 42.5 Å². The largest absolute Gasteiger partial charge is 0.461 e. The average Bonchev–Trinajstić information content (AvgIpc) is 2.45. The highest BCUT2D eigenvalue weighted by atomic mass is 16.5. The van der Waals surface area contributed by atoms with Gasteiger partial charge >= 0.3 is 5.97 Å². The number of hydrogen-bond donors (Lipinski definition) is 0. The van der Waals surface area contributed by atoms with E-state index in [1.165, 1.54) is 19.3 Å². The van der Waals surface area contributed by atoms with E-state index in [0.717, 1.165) is 24.0 Å². The van der Waals surface area contributed by atoms with Crippen LogP contribution in [0.2, 0.25) is 0 Å². The minimum absolute atomic E-state index is 0.117. The highest BCUT2D eigenvalue weighted by molar-refractivity contribution is 5.72. The average molecular weight is 260 g/mol. The van der Waals surface area contributed by atoms with Crippen molar-refractivity contribution in [2.24, 2.45) is 0 Å². The highest BCUT2D eigenvalue weighted by Gasteiger charge is 2.05. The summed E-state index contributed by atoms with van der Waals surface area (Å²) in [6.07, 6.45) is 6.24. The molecule has 0 unspecified atom stereocenters. The molecule has 0 radical (unpaired) electrons. The third-order valence-electron chi connectivity index (χ3n) is 3.07. The van der Waals surface area contributed by atoms with Gasteiger partial charge < -0.3 is 4.74 Å². The van der Waals surface area contributed by atoms with Crippen LogP contribution in [0.3, 0.4) is 0 Å². The zero-order valence-electron chi connectivity index (χ0n) is 11.9. The summed E-state index contributed by atoms with van der Waals surface area (Å²) in [5, 5.41) is 0. The molecule has 0 saturated heterocycles. The molecular formula is C17H24O2. The lowest BCUT2D eigenvalue weighted by molar-refractivity contribution is -0.142. The molecule has 1 aromatic carbocycles. The lowest BCUT2D eigenvalue weighted by Crippen LogP contribution is -2.06. The maximum atomic E-state index is 11.5. The summed E-state index contributed by atoms with van der Waals surface area (Å²) in [5.74, 6) is -0.117. The predicted molar refractivity (Wildman–Crippen MR) is 79.8 cm³/mol. The van der Waals surface area contributed by atoms with Crippen molar-refractivity contribution in [1.29, 1.82) is 0 Å². The maximum absolute atomic E-state index is 11.5. The van der Waals surface area contributed by atoms with Gasteiger partial charge in [0.2, 0.25) is 0 Å². The molecular weight excluding hydrogens is 236 g/mol. The molecule has 2 nitrogen and oxygen atoms in total. The molecule has 0 fully saturated rings. The Hall–Kier alpha value is -1.57. The van der Waals surface area contributed by atoms with E-state index in [-0.39, 0.29) is 12.6 Å². The lowest BCUT2D eigenvalue weighted by Gasteiger charge is -2.07. The van der Waals surface area contributed by atoms with Crippen LogP contribution in [0.1, 0.15) is 51.0 Å². The molecule has 0 aliphatic carbocycles. The van der Waals surface area contributed by atoms with Crippen LogP contribution in [-0.2, 0) is 9.53 Å². The van der Waals surface area contributed by atoms with Crippen LogP contribution in [0.4, 0.5) is 0 Å². The third kappa shape index (κ3) is 6.80. The number of rotatable bonds is 9. The summed E-state index contributed by atoms with van der Waals surface area (Å²) in [7, 11) is 0. The second kappa shape index (κ2) is 9.37. The molecule has 0 spiro atoms. The first kappa shape index (κ1) is 15.5. The highest BCUT2D eigenvalue weighted by Crippen LogP contribution is 2.12. The summed E-state index contributed by atoms with van der Waals surface area (Å²) in [6, 6.07) is 9.81. The molecule has 0 aliphatic rings. The van der Waals surface area contributed by atoms with Gasteiger partial charge in [-0.05, 0) is 17.6 Å². The van der Waals surface area contributed by atoms with Crippen LogP contribution in [-0.4, -0.2) is 12.6 Å². The Morgan fingerprint density at radius 3 is 2.47 bits per heavy atom. The quantitative estimate of drug-likeness (QED) is 0.479. The van der Waals surface area contributed by atoms with Crippen molar-refractivity contribution in [2.75, 3.05) is 6.61 Å². The summed E-state index contributed by atoms with van der Waals surface area (Å²) in [6.45, 7) is 6.41. The number of carbonyl (C=O) groups excluding carboxylic acids is 1. The van der Waals surface area contributed by atoms with Crippen LogP contribution < -0.4 is 0 Å². The van der Waals surface area contributed by atoms with E-state index in [0.29, 0.717) is 6.42 Å². The van der Waals surface area contributed by atoms with Crippen molar-refractivity contribution < 1.29 is 9.53 Å². The maximum Gasteiger partial charge on any atom is 0.306 e. The lowest BCUT2D eigenvalue weighted by atomic mass is 10.1. The van der Waals surface area contributed by atoms with Gasteiger partial charge in [0.05, 0.1) is 0 Å².